The number of hydrogen-bond donors (Lipinski definition) is 2. The minimum Gasteiger partial charge on any atom is -0.340 e. The summed E-state index contributed by atoms with van der Waals surface area (Å²) in [5.41, 5.74) is 1.02. The number of rotatable bonds is 6. The van der Waals surface area contributed by atoms with Gasteiger partial charge < -0.3 is 10.3 Å². The van der Waals surface area contributed by atoms with Crippen LogP contribution in [0.1, 0.15) is 26.1 Å². The minimum absolute atomic E-state index is 0.553. The molecular weight excluding hydrogens is 232 g/mol. The van der Waals surface area contributed by atoms with E-state index in [1.54, 1.807) is 11.3 Å². The lowest BCUT2D eigenvalue weighted by atomic mass is 10.3. The highest BCUT2D eigenvalue weighted by molar-refractivity contribution is 7.13. The zero-order valence-corrected chi connectivity index (χ0v) is 11.0. The lowest BCUT2D eigenvalue weighted by Gasteiger charge is -2.06. The van der Waals surface area contributed by atoms with Crippen LogP contribution in [-0.4, -0.2) is 27.5 Å². The van der Waals surface area contributed by atoms with Crippen molar-refractivity contribution < 1.29 is 0 Å². The van der Waals surface area contributed by atoms with E-state index in [1.807, 2.05) is 17.8 Å². The van der Waals surface area contributed by atoms with Crippen LogP contribution in [0.5, 0.6) is 0 Å². The Morgan fingerprint density at radius 2 is 2.29 bits per heavy atom. The molecule has 5 heteroatoms. The molecule has 0 saturated heterocycles. The molecule has 2 aromatic heterocycles. The van der Waals surface area contributed by atoms with Crippen molar-refractivity contribution in [2.75, 3.05) is 6.54 Å². The van der Waals surface area contributed by atoms with Crippen LogP contribution in [0.25, 0.3) is 10.7 Å². The summed E-state index contributed by atoms with van der Waals surface area (Å²) in [6, 6.07) is 0.553. The highest BCUT2D eigenvalue weighted by atomic mass is 32.1. The Hall–Kier alpha value is -1.20. The first-order valence-corrected chi connectivity index (χ1v) is 6.81. The van der Waals surface area contributed by atoms with Gasteiger partial charge in [-0.3, -0.25) is 0 Å². The van der Waals surface area contributed by atoms with Gasteiger partial charge in [-0.15, -0.1) is 11.3 Å². The van der Waals surface area contributed by atoms with E-state index in [0.717, 1.165) is 35.9 Å². The molecule has 92 valence electrons. The van der Waals surface area contributed by atoms with Crippen molar-refractivity contribution in [3.05, 3.63) is 23.6 Å². The van der Waals surface area contributed by atoms with E-state index in [9.17, 15) is 0 Å². The van der Waals surface area contributed by atoms with Crippen molar-refractivity contribution >= 4 is 11.3 Å². The molecule has 0 amide bonds. The molecule has 0 aromatic carbocycles. The van der Waals surface area contributed by atoms with Crippen LogP contribution >= 0.6 is 11.3 Å². The summed E-state index contributed by atoms with van der Waals surface area (Å²) in [5, 5.41) is 6.38. The third kappa shape index (κ3) is 3.64. The number of aromatic amines is 1. The summed E-state index contributed by atoms with van der Waals surface area (Å²) in [6.45, 7) is 5.35. The number of H-pyrrole nitrogens is 1. The monoisotopic (exact) mass is 250 g/mol. The maximum absolute atomic E-state index is 4.37. The average Bonchev–Trinajstić information content (AvgIpc) is 2.94. The predicted octanol–water partition coefficient (Wildman–Crippen LogP) is 2.46. The summed E-state index contributed by atoms with van der Waals surface area (Å²) in [6.07, 6.45) is 5.76. The van der Waals surface area contributed by atoms with Gasteiger partial charge in [0.1, 0.15) is 10.8 Å². The first kappa shape index (κ1) is 12.3. The number of aryl methyl sites for hydroxylation is 1. The number of aromatic nitrogens is 3. The first-order chi connectivity index (χ1) is 8.25. The maximum Gasteiger partial charge on any atom is 0.141 e. The Labute approximate surface area is 106 Å². The molecule has 0 spiro atoms. The fourth-order valence-electron chi connectivity index (χ4n) is 1.60. The molecule has 2 rings (SSSR count). The lowest BCUT2D eigenvalue weighted by Crippen LogP contribution is -2.24. The standard InChI is InChI=1S/C12H18N4S/c1-9(2)13-5-3-4-11-15-8-10(16-11)12-14-6-7-17-12/h6-9,13H,3-5H2,1-2H3,(H,15,16). The van der Waals surface area contributed by atoms with Gasteiger partial charge in [0.2, 0.25) is 0 Å². The summed E-state index contributed by atoms with van der Waals surface area (Å²) in [4.78, 5) is 11.9. The van der Waals surface area contributed by atoms with Gasteiger partial charge >= 0.3 is 0 Å². The predicted molar refractivity (Wildman–Crippen MR) is 71.2 cm³/mol. The van der Waals surface area contributed by atoms with Crippen molar-refractivity contribution in [1.29, 1.82) is 0 Å². The lowest BCUT2D eigenvalue weighted by molar-refractivity contribution is 0.567. The van der Waals surface area contributed by atoms with Crippen LogP contribution in [0.15, 0.2) is 17.8 Å². The van der Waals surface area contributed by atoms with Gasteiger partial charge in [-0.2, -0.15) is 0 Å². The summed E-state index contributed by atoms with van der Waals surface area (Å²) in [7, 11) is 0. The second-order valence-corrected chi connectivity index (χ2v) is 5.19. The smallest absolute Gasteiger partial charge is 0.141 e. The van der Waals surface area contributed by atoms with Crippen molar-refractivity contribution in [3.63, 3.8) is 0 Å². The Morgan fingerprint density at radius 3 is 3.00 bits per heavy atom. The number of thiazole rings is 1. The molecule has 0 atom stereocenters. The summed E-state index contributed by atoms with van der Waals surface area (Å²) in [5.74, 6) is 1.04. The van der Waals surface area contributed by atoms with E-state index in [0.29, 0.717) is 6.04 Å². The van der Waals surface area contributed by atoms with Gasteiger partial charge in [0.25, 0.3) is 0 Å². The Bertz CT molecular complexity index is 433. The Morgan fingerprint density at radius 1 is 1.41 bits per heavy atom. The third-order valence-electron chi connectivity index (χ3n) is 2.43. The van der Waals surface area contributed by atoms with E-state index in [4.69, 9.17) is 0 Å². The second kappa shape index (κ2) is 5.93. The molecule has 0 bridgehead atoms. The largest absolute Gasteiger partial charge is 0.340 e. The summed E-state index contributed by atoms with van der Waals surface area (Å²) >= 11 is 1.63. The van der Waals surface area contributed by atoms with Crippen LogP contribution in [0.4, 0.5) is 0 Å². The second-order valence-electron chi connectivity index (χ2n) is 4.29. The first-order valence-electron chi connectivity index (χ1n) is 5.93. The Balaban J connectivity index is 1.83. The molecule has 0 aliphatic rings. The molecule has 0 aliphatic heterocycles. The maximum atomic E-state index is 4.37. The van der Waals surface area contributed by atoms with Crippen molar-refractivity contribution in [2.24, 2.45) is 0 Å². The quantitative estimate of drug-likeness (QED) is 0.774. The highest BCUT2D eigenvalue weighted by Gasteiger charge is 2.04. The van der Waals surface area contributed by atoms with Gasteiger partial charge in [-0.1, -0.05) is 13.8 Å². The van der Waals surface area contributed by atoms with Gasteiger partial charge in [0.05, 0.1) is 11.9 Å². The van der Waals surface area contributed by atoms with Crippen molar-refractivity contribution in [2.45, 2.75) is 32.7 Å². The SMILES string of the molecule is CC(C)NCCCc1ncc(-c2nccs2)[nH]1. The van der Waals surface area contributed by atoms with Crippen LogP contribution in [-0.2, 0) is 6.42 Å². The van der Waals surface area contributed by atoms with E-state index in [2.05, 4.69) is 34.1 Å². The molecule has 2 aromatic rings. The van der Waals surface area contributed by atoms with Crippen molar-refractivity contribution in [1.82, 2.24) is 20.3 Å². The molecule has 0 saturated carbocycles. The normalized spacial score (nSPS) is 11.2. The van der Waals surface area contributed by atoms with Gasteiger partial charge in [0.15, 0.2) is 0 Å². The molecule has 0 aliphatic carbocycles. The third-order valence-corrected chi connectivity index (χ3v) is 3.24. The van der Waals surface area contributed by atoms with Crippen LogP contribution in [0.2, 0.25) is 0 Å². The van der Waals surface area contributed by atoms with Crippen LogP contribution in [0.3, 0.4) is 0 Å². The topological polar surface area (TPSA) is 53.6 Å². The number of nitrogens with zero attached hydrogens (tertiary/aromatic N) is 2. The molecule has 0 radical (unpaired) electrons. The molecule has 0 unspecified atom stereocenters. The highest BCUT2D eigenvalue weighted by Crippen LogP contribution is 2.19. The number of hydrogen-bond acceptors (Lipinski definition) is 4. The average molecular weight is 250 g/mol. The van der Waals surface area contributed by atoms with Gasteiger partial charge in [-0.25, -0.2) is 9.97 Å². The Kier molecular flexibility index (Phi) is 4.28. The molecule has 0 fully saturated rings. The fourth-order valence-corrected chi connectivity index (χ4v) is 2.20. The van der Waals surface area contributed by atoms with Crippen LogP contribution < -0.4 is 5.32 Å². The van der Waals surface area contributed by atoms with Crippen molar-refractivity contribution in [3.8, 4) is 10.7 Å². The molecule has 2 N–H and O–H groups in total. The molecule has 17 heavy (non-hydrogen) atoms. The van der Waals surface area contributed by atoms with E-state index in [-0.39, 0.29) is 0 Å². The number of imidazole rings is 1. The number of nitrogens with one attached hydrogen (secondary N) is 2. The summed E-state index contributed by atoms with van der Waals surface area (Å²) < 4.78 is 0. The van der Waals surface area contributed by atoms with Gasteiger partial charge in [-0.05, 0) is 13.0 Å². The van der Waals surface area contributed by atoms with E-state index < -0.39 is 0 Å². The molecule has 4 nitrogen and oxygen atoms in total. The zero-order valence-electron chi connectivity index (χ0n) is 10.2. The van der Waals surface area contributed by atoms with E-state index >= 15 is 0 Å². The minimum atomic E-state index is 0.553. The molecular formula is C12H18N4S. The molecule has 2 heterocycles. The van der Waals surface area contributed by atoms with Crippen LogP contribution in [0, 0.1) is 0 Å². The zero-order chi connectivity index (χ0) is 12.1. The van der Waals surface area contributed by atoms with E-state index in [1.165, 1.54) is 0 Å². The fraction of sp³-hybridized carbons (Fsp3) is 0.500. The van der Waals surface area contributed by atoms with Gasteiger partial charge in [0, 0.05) is 24.0 Å².